The van der Waals surface area contributed by atoms with Gasteiger partial charge >= 0.3 is 5.97 Å². The summed E-state index contributed by atoms with van der Waals surface area (Å²) in [5.41, 5.74) is 1.51. The van der Waals surface area contributed by atoms with Gasteiger partial charge in [-0.15, -0.1) is 0 Å². The van der Waals surface area contributed by atoms with Crippen molar-refractivity contribution in [2.45, 2.75) is 46.5 Å². The summed E-state index contributed by atoms with van der Waals surface area (Å²) in [6.45, 7) is 7.51. The van der Waals surface area contributed by atoms with Gasteiger partial charge in [0.25, 0.3) is 0 Å². The van der Waals surface area contributed by atoms with Crippen LogP contribution in [0.1, 0.15) is 88.7 Å². The van der Waals surface area contributed by atoms with Gasteiger partial charge in [-0.25, -0.2) is 4.79 Å². The zero-order valence-corrected chi connectivity index (χ0v) is 21.8. The number of carbonyl (C=O) groups excluding carboxylic acids is 3. The maximum atomic E-state index is 14.0. The first-order chi connectivity index (χ1) is 17.9. The third-order valence-corrected chi connectivity index (χ3v) is 6.36. The van der Waals surface area contributed by atoms with Crippen molar-refractivity contribution in [3.8, 4) is 5.75 Å². The normalized spacial score (nSPS) is 10.7. The predicted octanol–water partition coefficient (Wildman–Crippen LogP) is 6.44. The van der Waals surface area contributed by atoms with Crippen LogP contribution in [0.4, 0.5) is 5.69 Å². The lowest BCUT2D eigenvalue weighted by atomic mass is 9.87. The topological polar surface area (TPSA) is 83.9 Å². The lowest BCUT2D eigenvalue weighted by Crippen LogP contribution is -2.27. The zero-order valence-electron chi connectivity index (χ0n) is 21.8. The van der Waals surface area contributed by atoms with E-state index in [4.69, 9.17) is 4.74 Å². The molecule has 0 aliphatic heterocycles. The maximum Gasteiger partial charge on any atom is 0.338 e. The van der Waals surface area contributed by atoms with Crippen LogP contribution in [-0.4, -0.2) is 42.3 Å². The molecule has 0 aliphatic rings. The molecule has 6 heteroatoms. The molecule has 0 amide bonds. The van der Waals surface area contributed by atoms with Crippen LogP contribution in [0.2, 0.25) is 0 Å². The summed E-state index contributed by atoms with van der Waals surface area (Å²) in [5.74, 6) is -1.44. The van der Waals surface area contributed by atoms with Crippen LogP contribution in [0.3, 0.4) is 0 Å². The van der Waals surface area contributed by atoms with E-state index in [9.17, 15) is 19.5 Å². The second-order valence-corrected chi connectivity index (χ2v) is 8.82. The molecule has 1 N–H and O–H groups in total. The first-order valence-electron chi connectivity index (χ1n) is 12.9. The molecule has 0 spiro atoms. The molecule has 0 heterocycles. The number of rotatable bonds is 13. The summed E-state index contributed by atoms with van der Waals surface area (Å²) in [6, 6.07) is 17.8. The summed E-state index contributed by atoms with van der Waals surface area (Å²) < 4.78 is 5.56. The van der Waals surface area contributed by atoms with E-state index in [2.05, 4.69) is 6.92 Å². The fraction of sp³-hybridized carbons (Fsp3) is 0.323. The van der Waals surface area contributed by atoms with Crippen LogP contribution in [0.5, 0.6) is 5.75 Å². The minimum Gasteiger partial charge on any atom is -0.508 e. The Morgan fingerprint density at radius 1 is 0.730 bits per heavy atom. The number of phenolic OH excluding ortho intramolecular Hbond substituents is 1. The molecule has 0 unspecified atom stereocenters. The van der Waals surface area contributed by atoms with Gasteiger partial charge in [-0.2, -0.15) is 0 Å². The van der Waals surface area contributed by atoms with Gasteiger partial charge in [0.05, 0.1) is 23.3 Å². The molecule has 37 heavy (non-hydrogen) atoms. The van der Waals surface area contributed by atoms with Crippen molar-refractivity contribution in [3.05, 3.63) is 94.5 Å². The van der Waals surface area contributed by atoms with Crippen molar-refractivity contribution < 1.29 is 24.2 Å². The van der Waals surface area contributed by atoms with Crippen LogP contribution in [0.25, 0.3) is 0 Å². The largest absolute Gasteiger partial charge is 0.508 e. The molecule has 0 atom stereocenters. The average Bonchev–Trinajstić information content (AvgIpc) is 2.93. The summed E-state index contributed by atoms with van der Waals surface area (Å²) in [6.07, 6.45) is 3.79. The first kappa shape index (κ1) is 27.7. The van der Waals surface area contributed by atoms with E-state index in [-0.39, 0.29) is 40.4 Å². The van der Waals surface area contributed by atoms with Crippen molar-refractivity contribution >= 4 is 23.2 Å². The van der Waals surface area contributed by atoms with Crippen LogP contribution in [0, 0.1) is 0 Å². The highest BCUT2D eigenvalue weighted by Gasteiger charge is 2.30. The number of carbonyl (C=O) groups is 3. The molecule has 0 aromatic heterocycles. The number of nitrogens with zero attached hydrogens (tertiary/aromatic N) is 1. The number of benzene rings is 3. The van der Waals surface area contributed by atoms with Gasteiger partial charge in [0.1, 0.15) is 5.75 Å². The van der Waals surface area contributed by atoms with Crippen LogP contribution < -0.4 is 4.90 Å². The summed E-state index contributed by atoms with van der Waals surface area (Å²) >= 11 is 0. The second-order valence-electron chi connectivity index (χ2n) is 8.82. The second kappa shape index (κ2) is 13.4. The molecule has 0 bridgehead atoms. The molecule has 0 saturated heterocycles. The highest BCUT2D eigenvalue weighted by molar-refractivity contribution is 6.25. The smallest absolute Gasteiger partial charge is 0.338 e. The molecule has 0 saturated carbocycles. The van der Waals surface area contributed by atoms with Crippen molar-refractivity contribution in [1.29, 1.82) is 0 Å². The Morgan fingerprint density at radius 3 is 1.97 bits per heavy atom. The standard InChI is InChI=1S/C31H35NO5/c1-4-7-8-12-21-37-31(36)25-19-20-26(32(5-2)6-3)28(30(35)22-13-10-9-11-14-22)27(25)29(34)23-15-17-24(33)18-16-23/h9-11,13-20,33H,4-8,12,21H2,1-3H3. The molecule has 6 nitrogen and oxygen atoms in total. The number of unbranched alkanes of at least 4 members (excludes halogenated alkanes) is 3. The number of anilines is 1. The molecular formula is C31H35NO5. The van der Waals surface area contributed by atoms with Crippen molar-refractivity contribution in [2.24, 2.45) is 0 Å². The number of phenols is 1. The minimum atomic E-state index is -0.633. The van der Waals surface area contributed by atoms with E-state index >= 15 is 0 Å². The zero-order chi connectivity index (χ0) is 26.8. The molecule has 0 radical (unpaired) electrons. The number of ketones is 2. The molecule has 3 rings (SSSR count). The Kier molecular flexibility index (Phi) is 10.0. The minimum absolute atomic E-state index is 0.0146. The number of hydrogen-bond acceptors (Lipinski definition) is 6. The number of aromatic hydroxyl groups is 1. The van der Waals surface area contributed by atoms with E-state index in [1.807, 2.05) is 24.8 Å². The number of ether oxygens (including phenoxy) is 1. The summed E-state index contributed by atoms with van der Waals surface area (Å²) in [7, 11) is 0. The molecular weight excluding hydrogens is 466 g/mol. The molecule has 0 aliphatic carbocycles. The number of esters is 1. The molecule has 3 aromatic rings. The molecule has 0 fully saturated rings. The Labute approximate surface area is 218 Å². The highest BCUT2D eigenvalue weighted by Crippen LogP contribution is 2.32. The quantitative estimate of drug-likeness (QED) is 0.165. The van der Waals surface area contributed by atoms with E-state index in [0.717, 1.165) is 25.7 Å². The number of hydrogen-bond donors (Lipinski definition) is 1. The van der Waals surface area contributed by atoms with Crippen molar-refractivity contribution in [1.82, 2.24) is 0 Å². The SMILES string of the molecule is CCCCCCOC(=O)c1ccc(N(CC)CC)c(C(=O)c2ccccc2)c1C(=O)c1ccc(O)cc1. The molecule has 194 valence electrons. The van der Waals surface area contributed by atoms with Gasteiger partial charge < -0.3 is 14.7 Å². The van der Waals surface area contributed by atoms with Gasteiger partial charge in [0, 0.05) is 29.9 Å². The highest BCUT2D eigenvalue weighted by atomic mass is 16.5. The van der Waals surface area contributed by atoms with Gasteiger partial charge in [0.2, 0.25) is 0 Å². The Morgan fingerprint density at radius 2 is 1.35 bits per heavy atom. The Balaban J connectivity index is 2.21. The Hall–Kier alpha value is -3.93. The van der Waals surface area contributed by atoms with Gasteiger partial charge in [-0.05, 0) is 56.7 Å². The lowest BCUT2D eigenvalue weighted by molar-refractivity contribution is 0.0495. The predicted molar refractivity (Wildman–Crippen MR) is 146 cm³/mol. The average molecular weight is 502 g/mol. The fourth-order valence-corrected chi connectivity index (χ4v) is 4.32. The molecule has 3 aromatic carbocycles. The monoisotopic (exact) mass is 501 g/mol. The van der Waals surface area contributed by atoms with E-state index < -0.39 is 11.8 Å². The third kappa shape index (κ3) is 6.64. The van der Waals surface area contributed by atoms with Gasteiger partial charge in [-0.1, -0.05) is 56.5 Å². The van der Waals surface area contributed by atoms with Crippen molar-refractivity contribution in [2.75, 3.05) is 24.6 Å². The van der Waals surface area contributed by atoms with Gasteiger partial charge in [0.15, 0.2) is 11.6 Å². The maximum absolute atomic E-state index is 14.0. The van der Waals surface area contributed by atoms with Crippen LogP contribution in [-0.2, 0) is 4.74 Å². The summed E-state index contributed by atoms with van der Waals surface area (Å²) in [5, 5.41) is 9.74. The first-order valence-corrected chi connectivity index (χ1v) is 12.9. The van der Waals surface area contributed by atoms with E-state index in [1.54, 1.807) is 36.4 Å². The summed E-state index contributed by atoms with van der Waals surface area (Å²) in [4.78, 5) is 43.2. The van der Waals surface area contributed by atoms with Gasteiger partial charge in [-0.3, -0.25) is 9.59 Å². The van der Waals surface area contributed by atoms with E-state index in [1.165, 1.54) is 24.3 Å². The van der Waals surface area contributed by atoms with E-state index in [0.29, 0.717) is 24.3 Å². The Bertz CT molecular complexity index is 1210. The third-order valence-electron chi connectivity index (χ3n) is 6.36. The van der Waals surface area contributed by atoms with Crippen molar-refractivity contribution in [3.63, 3.8) is 0 Å². The lowest BCUT2D eigenvalue weighted by Gasteiger charge is -2.26. The fourth-order valence-electron chi connectivity index (χ4n) is 4.32. The van der Waals surface area contributed by atoms with Crippen LogP contribution in [0.15, 0.2) is 66.7 Å². The van der Waals surface area contributed by atoms with Crippen LogP contribution >= 0.6 is 0 Å².